The predicted molar refractivity (Wildman–Crippen MR) is 125 cm³/mol. The third kappa shape index (κ3) is 5.81. The Balaban J connectivity index is 1.39. The van der Waals surface area contributed by atoms with Gasteiger partial charge in [-0.3, -0.25) is 14.9 Å². The van der Waals surface area contributed by atoms with E-state index in [4.69, 9.17) is 10.5 Å². The lowest BCUT2D eigenvalue weighted by Crippen LogP contribution is -2.13. The lowest BCUT2D eigenvalue weighted by atomic mass is 10.1. The number of anilines is 1. The van der Waals surface area contributed by atoms with Crippen LogP contribution in [0, 0.1) is 5.82 Å². The normalized spacial score (nSPS) is 10.6. The Kier molecular flexibility index (Phi) is 6.75. The van der Waals surface area contributed by atoms with Crippen molar-refractivity contribution in [3.63, 3.8) is 0 Å². The Bertz CT molecular complexity index is 1310. The highest BCUT2D eigenvalue weighted by Gasteiger charge is 2.12. The number of primary amides is 1. The van der Waals surface area contributed by atoms with Crippen LogP contribution in [-0.2, 0) is 13.0 Å². The van der Waals surface area contributed by atoms with Crippen LogP contribution in [0.4, 0.5) is 9.52 Å². The van der Waals surface area contributed by atoms with Gasteiger partial charge in [-0.1, -0.05) is 36.4 Å². The average molecular weight is 462 g/mol. The van der Waals surface area contributed by atoms with Gasteiger partial charge < -0.3 is 10.5 Å². The fraction of sp³-hybridized carbons (Fsp3) is 0.0800. The number of carbonyl (C=O) groups excluding carboxylic acids is 2. The van der Waals surface area contributed by atoms with Crippen LogP contribution < -0.4 is 15.8 Å². The van der Waals surface area contributed by atoms with Gasteiger partial charge in [0.1, 0.15) is 18.2 Å². The number of nitrogens with two attached hydrogens (primary N) is 1. The molecule has 6 nitrogen and oxygen atoms in total. The third-order valence-corrected chi connectivity index (χ3v) is 5.69. The molecule has 0 spiro atoms. The second-order valence-electron chi connectivity index (χ2n) is 7.24. The van der Waals surface area contributed by atoms with Gasteiger partial charge in [0, 0.05) is 23.1 Å². The van der Waals surface area contributed by atoms with E-state index in [1.165, 1.54) is 23.5 Å². The molecular weight excluding hydrogens is 441 g/mol. The molecule has 0 aliphatic carbocycles. The SMILES string of the molecule is NC(=O)c1ccccc1OCc1cccc(C(=O)Nc2ncc(Cc3cccc(F)c3)s2)c1. The molecule has 3 N–H and O–H groups in total. The van der Waals surface area contributed by atoms with Gasteiger partial charge in [0.15, 0.2) is 5.13 Å². The first-order chi connectivity index (χ1) is 16.0. The molecule has 0 radical (unpaired) electrons. The molecule has 1 aromatic heterocycles. The number of hydrogen-bond acceptors (Lipinski definition) is 5. The fourth-order valence-corrected chi connectivity index (χ4v) is 4.07. The number of nitrogens with zero attached hydrogens (tertiary/aromatic N) is 1. The highest BCUT2D eigenvalue weighted by Crippen LogP contribution is 2.23. The lowest BCUT2D eigenvalue weighted by molar-refractivity contribution is 0.0994. The molecule has 0 bridgehead atoms. The molecule has 0 saturated heterocycles. The Morgan fingerprint density at radius 2 is 1.79 bits per heavy atom. The molecule has 0 fully saturated rings. The summed E-state index contributed by atoms with van der Waals surface area (Å²) < 4.78 is 19.1. The van der Waals surface area contributed by atoms with Crippen LogP contribution in [0.2, 0.25) is 0 Å². The number of ether oxygens (including phenoxy) is 1. The zero-order valence-corrected chi connectivity index (χ0v) is 18.3. The van der Waals surface area contributed by atoms with E-state index in [1.807, 2.05) is 12.1 Å². The first-order valence-corrected chi connectivity index (χ1v) is 10.9. The molecule has 0 saturated carbocycles. The van der Waals surface area contributed by atoms with E-state index in [1.54, 1.807) is 54.7 Å². The molecule has 166 valence electrons. The number of amides is 2. The molecule has 8 heteroatoms. The topological polar surface area (TPSA) is 94.3 Å². The monoisotopic (exact) mass is 461 g/mol. The van der Waals surface area contributed by atoms with Gasteiger partial charge in [0.25, 0.3) is 11.8 Å². The van der Waals surface area contributed by atoms with Crippen molar-refractivity contribution < 1.29 is 18.7 Å². The van der Waals surface area contributed by atoms with Crippen LogP contribution in [0.25, 0.3) is 0 Å². The van der Waals surface area contributed by atoms with E-state index in [2.05, 4.69) is 10.3 Å². The summed E-state index contributed by atoms with van der Waals surface area (Å²) >= 11 is 1.34. The van der Waals surface area contributed by atoms with Crippen molar-refractivity contribution in [1.82, 2.24) is 4.98 Å². The maximum absolute atomic E-state index is 13.4. The van der Waals surface area contributed by atoms with Crippen LogP contribution >= 0.6 is 11.3 Å². The number of aromatic nitrogens is 1. The predicted octanol–water partition coefficient (Wildman–Crippen LogP) is 4.80. The summed E-state index contributed by atoms with van der Waals surface area (Å²) in [4.78, 5) is 29.4. The van der Waals surface area contributed by atoms with Crippen molar-refractivity contribution in [3.8, 4) is 5.75 Å². The second kappa shape index (κ2) is 10.1. The third-order valence-electron chi connectivity index (χ3n) is 4.78. The molecule has 1 heterocycles. The molecule has 0 aliphatic heterocycles. The maximum atomic E-state index is 13.4. The summed E-state index contributed by atoms with van der Waals surface area (Å²) in [7, 11) is 0. The van der Waals surface area contributed by atoms with Crippen molar-refractivity contribution >= 4 is 28.3 Å². The summed E-state index contributed by atoms with van der Waals surface area (Å²) in [6.45, 7) is 0.167. The summed E-state index contributed by atoms with van der Waals surface area (Å²) in [5, 5.41) is 3.25. The molecule has 33 heavy (non-hydrogen) atoms. The zero-order valence-electron chi connectivity index (χ0n) is 17.5. The largest absolute Gasteiger partial charge is 0.488 e. The number of rotatable bonds is 8. The van der Waals surface area contributed by atoms with E-state index in [0.29, 0.717) is 28.4 Å². The first-order valence-electron chi connectivity index (χ1n) is 10.1. The number of carbonyl (C=O) groups is 2. The standard InChI is InChI=1S/C25H20FN3O3S/c26-19-8-4-5-16(12-19)13-20-14-28-25(33-20)29-24(31)18-7-3-6-17(11-18)15-32-22-10-2-1-9-21(22)23(27)30/h1-12,14H,13,15H2,(H2,27,30)(H,28,29,31). The Hall–Kier alpha value is -4.04. The smallest absolute Gasteiger partial charge is 0.257 e. The minimum Gasteiger partial charge on any atom is -0.488 e. The minimum absolute atomic E-state index is 0.167. The first kappa shape index (κ1) is 22.2. The minimum atomic E-state index is -0.570. The van der Waals surface area contributed by atoms with Crippen LogP contribution in [0.1, 0.15) is 36.7 Å². The molecule has 3 aromatic carbocycles. The van der Waals surface area contributed by atoms with Gasteiger partial charge >= 0.3 is 0 Å². The highest BCUT2D eigenvalue weighted by molar-refractivity contribution is 7.15. The quantitative estimate of drug-likeness (QED) is 0.394. The van der Waals surface area contributed by atoms with Crippen LogP contribution in [-0.4, -0.2) is 16.8 Å². The second-order valence-corrected chi connectivity index (χ2v) is 8.36. The maximum Gasteiger partial charge on any atom is 0.257 e. The highest BCUT2D eigenvalue weighted by atomic mass is 32.1. The van der Waals surface area contributed by atoms with Crippen molar-refractivity contribution in [3.05, 3.63) is 112 Å². The fourth-order valence-electron chi connectivity index (χ4n) is 3.22. The molecular formula is C25H20FN3O3S. The Morgan fingerprint density at radius 1 is 1.00 bits per heavy atom. The van der Waals surface area contributed by atoms with Gasteiger partial charge in [-0.2, -0.15) is 0 Å². The number of nitrogens with one attached hydrogen (secondary N) is 1. The number of hydrogen-bond donors (Lipinski definition) is 2. The summed E-state index contributed by atoms with van der Waals surface area (Å²) in [5.74, 6) is -0.777. The van der Waals surface area contributed by atoms with E-state index < -0.39 is 5.91 Å². The van der Waals surface area contributed by atoms with Crippen molar-refractivity contribution in [2.75, 3.05) is 5.32 Å². The van der Waals surface area contributed by atoms with E-state index in [0.717, 1.165) is 16.0 Å². The Morgan fingerprint density at radius 3 is 2.61 bits per heavy atom. The van der Waals surface area contributed by atoms with Crippen LogP contribution in [0.15, 0.2) is 79.0 Å². The number of benzene rings is 3. The molecule has 0 atom stereocenters. The molecule has 0 unspecified atom stereocenters. The van der Waals surface area contributed by atoms with Crippen LogP contribution in [0.5, 0.6) is 5.75 Å². The van der Waals surface area contributed by atoms with Gasteiger partial charge in [0.2, 0.25) is 0 Å². The van der Waals surface area contributed by atoms with Gasteiger partial charge in [0.05, 0.1) is 5.56 Å². The van der Waals surface area contributed by atoms with Gasteiger partial charge in [-0.15, -0.1) is 11.3 Å². The van der Waals surface area contributed by atoms with Crippen molar-refractivity contribution in [2.24, 2.45) is 5.73 Å². The van der Waals surface area contributed by atoms with Gasteiger partial charge in [-0.05, 0) is 47.5 Å². The summed E-state index contributed by atoms with van der Waals surface area (Å²) in [6.07, 6.45) is 2.20. The Labute approximate surface area is 193 Å². The molecule has 4 rings (SSSR count). The van der Waals surface area contributed by atoms with Crippen molar-refractivity contribution in [1.29, 1.82) is 0 Å². The summed E-state index contributed by atoms with van der Waals surface area (Å²) in [5.41, 5.74) is 7.71. The van der Waals surface area contributed by atoms with E-state index >= 15 is 0 Å². The average Bonchev–Trinajstić information content (AvgIpc) is 3.24. The molecule has 4 aromatic rings. The number of halogens is 1. The lowest BCUT2D eigenvalue weighted by Gasteiger charge is -2.10. The van der Waals surface area contributed by atoms with Crippen LogP contribution in [0.3, 0.4) is 0 Å². The molecule has 2 amide bonds. The van der Waals surface area contributed by atoms with Crippen molar-refractivity contribution in [2.45, 2.75) is 13.0 Å². The van der Waals surface area contributed by atoms with E-state index in [9.17, 15) is 14.0 Å². The number of thiazole rings is 1. The van der Waals surface area contributed by atoms with Gasteiger partial charge in [-0.25, -0.2) is 9.37 Å². The summed E-state index contributed by atoms with van der Waals surface area (Å²) in [6, 6.07) is 20.1. The van der Waals surface area contributed by atoms with E-state index in [-0.39, 0.29) is 18.3 Å². The molecule has 0 aliphatic rings. The zero-order chi connectivity index (χ0) is 23.2. The number of para-hydroxylation sites is 1.